The number of amides is 1. The Balaban J connectivity index is 1.72. The Morgan fingerprint density at radius 1 is 1.17 bits per heavy atom. The molecule has 5 nitrogen and oxygen atoms in total. The lowest BCUT2D eigenvalue weighted by Gasteiger charge is -2.50. The van der Waals surface area contributed by atoms with Gasteiger partial charge in [-0.2, -0.15) is 0 Å². The third-order valence-corrected chi connectivity index (χ3v) is 4.69. The summed E-state index contributed by atoms with van der Waals surface area (Å²) in [5.74, 6) is 0.168. The Kier molecular flexibility index (Phi) is 3.42. The van der Waals surface area contributed by atoms with Crippen LogP contribution in [-0.4, -0.2) is 16.7 Å². The van der Waals surface area contributed by atoms with Gasteiger partial charge in [0.15, 0.2) is 10.8 Å². The second-order valence-electron chi connectivity index (χ2n) is 6.16. The summed E-state index contributed by atoms with van der Waals surface area (Å²) in [4.78, 5) is 13.0. The minimum atomic E-state index is -0.903. The summed E-state index contributed by atoms with van der Waals surface area (Å²) < 4.78 is 6.13. The highest BCUT2D eigenvalue weighted by Crippen LogP contribution is 2.44. The lowest BCUT2D eigenvalue weighted by atomic mass is 9.80. The monoisotopic (exact) mass is 339 g/mol. The van der Waals surface area contributed by atoms with Crippen LogP contribution in [0.2, 0.25) is 0 Å². The number of carbonyl (C=O) groups is 1. The fourth-order valence-corrected chi connectivity index (χ4v) is 3.76. The van der Waals surface area contributed by atoms with Crippen LogP contribution in [0.15, 0.2) is 54.6 Å². The molecule has 0 aromatic heterocycles. The number of anilines is 1. The number of ether oxygens (including phenoxy) is 1. The third-order valence-electron chi connectivity index (χ3n) is 4.47. The van der Waals surface area contributed by atoms with Crippen LogP contribution in [0.5, 0.6) is 5.75 Å². The van der Waals surface area contributed by atoms with E-state index >= 15 is 0 Å². The number of benzene rings is 2. The number of hydrogen-bond acceptors (Lipinski definition) is 3. The maximum Gasteiger partial charge on any atom is 0.236 e. The Hall–Kier alpha value is -2.60. The van der Waals surface area contributed by atoms with Crippen molar-refractivity contribution in [1.29, 1.82) is 0 Å². The molecule has 0 aliphatic carbocycles. The lowest BCUT2D eigenvalue weighted by Crippen LogP contribution is -2.70. The highest BCUT2D eigenvalue weighted by Gasteiger charge is 2.54. The SMILES string of the molecule is C[C@@]12NC(=S)N[C@@H](c3ccccc3O1)[C@H]2C(=O)Nc1ccccc1. The maximum absolute atomic E-state index is 13.0. The molecule has 2 aromatic carbocycles. The van der Waals surface area contributed by atoms with Gasteiger partial charge in [0.2, 0.25) is 5.91 Å². The van der Waals surface area contributed by atoms with Crippen LogP contribution < -0.4 is 20.7 Å². The molecule has 6 heteroatoms. The molecule has 2 aliphatic heterocycles. The molecule has 0 spiro atoms. The van der Waals surface area contributed by atoms with E-state index in [4.69, 9.17) is 17.0 Å². The van der Waals surface area contributed by atoms with E-state index in [2.05, 4.69) is 16.0 Å². The van der Waals surface area contributed by atoms with E-state index in [1.165, 1.54) is 0 Å². The van der Waals surface area contributed by atoms with Crippen molar-refractivity contribution in [2.75, 3.05) is 5.32 Å². The molecule has 3 N–H and O–H groups in total. The van der Waals surface area contributed by atoms with Crippen molar-refractivity contribution in [3.05, 3.63) is 60.2 Å². The number of fused-ring (bicyclic) bond motifs is 4. The molecule has 2 heterocycles. The van der Waals surface area contributed by atoms with Crippen molar-refractivity contribution in [2.45, 2.75) is 18.7 Å². The van der Waals surface area contributed by atoms with Crippen LogP contribution in [0.4, 0.5) is 5.69 Å². The van der Waals surface area contributed by atoms with Gasteiger partial charge in [0.25, 0.3) is 0 Å². The molecule has 4 rings (SSSR count). The maximum atomic E-state index is 13.0. The van der Waals surface area contributed by atoms with Crippen LogP contribution in [0.1, 0.15) is 18.5 Å². The molecule has 3 atom stereocenters. The first-order valence-electron chi connectivity index (χ1n) is 7.79. The summed E-state index contributed by atoms with van der Waals surface area (Å²) >= 11 is 5.30. The highest BCUT2D eigenvalue weighted by molar-refractivity contribution is 7.80. The molecule has 1 fully saturated rings. The minimum Gasteiger partial charge on any atom is -0.467 e. The Labute approximate surface area is 145 Å². The average molecular weight is 339 g/mol. The molecule has 0 saturated carbocycles. The van der Waals surface area contributed by atoms with Gasteiger partial charge in [-0.1, -0.05) is 36.4 Å². The lowest BCUT2D eigenvalue weighted by molar-refractivity contribution is -0.132. The van der Waals surface area contributed by atoms with Crippen LogP contribution in [0.25, 0.3) is 0 Å². The molecular weight excluding hydrogens is 322 g/mol. The number of hydrogen-bond donors (Lipinski definition) is 3. The first-order chi connectivity index (χ1) is 11.6. The summed E-state index contributed by atoms with van der Waals surface area (Å²) in [6.07, 6.45) is 0. The van der Waals surface area contributed by atoms with Gasteiger partial charge >= 0.3 is 0 Å². The van der Waals surface area contributed by atoms with Crippen LogP contribution >= 0.6 is 12.2 Å². The van der Waals surface area contributed by atoms with E-state index in [0.717, 1.165) is 17.0 Å². The molecule has 2 aliphatic rings. The number of thiocarbonyl (C=S) groups is 1. The van der Waals surface area contributed by atoms with Gasteiger partial charge in [-0.05, 0) is 37.3 Å². The first kappa shape index (κ1) is 15.0. The molecule has 2 aromatic rings. The van der Waals surface area contributed by atoms with Crippen LogP contribution in [0, 0.1) is 5.92 Å². The summed E-state index contributed by atoms with van der Waals surface area (Å²) in [7, 11) is 0. The molecule has 122 valence electrons. The molecule has 2 bridgehead atoms. The summed E-state index contributed by atoms with van der Waals surface area (Å²) in [5.41, 5.74) is 0.790. The van der Waals surface area contributed by atoms with Crippen molar-refractivity contribution < 1.29 is 9.53 Å². The number of carbonyl (C=O) groups excluding carboxylic acids is 1. The second-order valence-corrected chi connectivity index (χ2v) is 6.56. The zero-order valence-electron chi connectivity index (χ0n) is 13.1. The molecular formula is C18H17N3O2S. The Morgan fingerprint density at radius 2 is 1.88 bits per heavy atom. The third kappa shape index (κ3) is 2.39. The van der Waals surface area contributed by atoms with Gasteiger partial charge in [0.05, 0.1) is 6.04 Å². The predicted octanol–water partition coefficient (Wildman–Crippen LogP) is 2.57. The molecule has 0 unspecified atom stereocenters. The molecule has 1 saturated heterocycles. The standard InChI is InChI=1S/C18H17N3O2S/c1-18-14(16(22)19-11-7-3-2-4-8-11)15(20-17(24)21-18)12-9-5-6-10-13(12)23-18/h2-10,14-15H,1H3,(H,19,22)(H2,20,21,24)/t14-,15-,18+/m0/s1. The van der Waals surface area contributed by atoms with Gasteiger partial charge in [0, 0.05) is 11.3 Å². The van der Waals surface area contributed by atoms with Crippen molar-refractivity contribution >= 4 is 28.9 Å². The van der Waals surface area contributed by atoms with Crippen molar-refractivity contribution in [2.24, 2.45) is 5.92 Å². The number of para-hydroxylation sites is 2. The smallest absolute Gasteiger partial charge is 0.236 e. The molecule has 1 amide bonds. The van der Waals surface area contributed by atoms with E-state index in [9.17, 15) is 4.79 Å². The van der Waals surface area contributed by atoms with Gasteiger partial charge in [-0.25, -0.2) is 0 Å². The zero-order chi connectivity index (χ0) is 16.7. The van der Waals surface area contributed by atoms with Crippen LogP contribution in [0.3, 0.4) is 0 Å². The Morgan fingerprint density at radius 3 is 2.67 bits per heavy atom. The predicted molar refractivity (Wildman–Crippen MR) is 95.6 cm³/mol. The van der Waals surface area contributed by atoms with Crippen LogP contribution in [-0.2, 0) is 4.79 Å². The fourth-order valence-electron chi connectivity index (χ4n) is 3.43. The number of nitrogens with one attached hydrogen (secondary N) is 3. The summed E-state index contributed by atoms with van der Waals surface area (Å²) in [5, 5.41) is 9.80. The van der Waals surface area contributed by atoms with Gasteiger partial charge in [-0.15, -0.1) is 0 Å². The van der Waals surface area contributed by atoms with E-state index in [1.807, 2.05) is 61.5 Å². The normalized spacial score (nSPS) is 27.1. The van der Waals surface area contributed by atoms with E-state index in [-0.39, 0.29) is 11.9 Å². The van der Waals surface area contributed by atoms with E-state index < -0.39 is 11.6 Å². The molecule has 24 heavy (non-hydrogen) atoms. The van der Waals surface area contributed by atoms with Gasteiger partial charge < -0.3 is 20.7 Å². The highest BCUT2D eigenvalue weighted by atomic mass is 32.1. The van der Waals surface area contributed by atoms with Gasteiger partial charge in [0.1, 0.15) is 11.7 Å². The fraction of sp³-hybridized carbons (Fsp3) is 0.222. The zero-order valence-corrected chi connectivity index (χ0v) is 13.9. The second kappa shape index (κ2) is 5.49. The largest absolute Gasteiger partial charge is 0.467 e. The minimum absolute atomic E-state index is 0.120. The topological polar surface area (TPSA) is 62.4 Å². The van der Waals surface area contributed by atoms with Crippen molar-refractivity contribution in [3.8, 4) is 5.75 Å². The molecule has 0 radical (unpaired) electrons. The van der Waals surface area contributed by atoms with Crippen molar-refractivity contribution in [3.63, 3.8) is 0 Å². The van der Waals surface area contributed by atoms with E-state index in [1.54, 1.807) is 0 Å². The quantitative estimate of drug-likeness (QED) is 0.734. The average Bonchev–Trinajstić information content (AvgIpc) is 2.54. The van der Waals surface area contributed by atoms with E-state index in [0.29, 0.717) is 5.11 Å². The summed E-state index contributed by atoms with van der Waals surface area (Å²) in [6, 6.07) is 16.9. The first-order valence-corrected chi connectivity index (χ1v) is 8.20. The van der Waals surface area contributed by atoms with Gasteiger partial charge in [-0.3, -0.25) is 4.79 Å². The summed E-state index contributed by atoms with van der Waals surface area (Å²) in [6.45, 7) is 1.86. The van der Waals surface area contributed by atoms with Crippen molar-refractivity contribution in [1.82, 2.24) is 10.6 Å². The Bertz CT molecular complexity index is 811. The number of rotatable bonds is 2.